The summed E-state index contributed by atoms with van der Waals surface area (Å²) in [5, 5.41) is 3.27. The zero-order valence-corrected chi connectivity index (χ0v) is 10.2. The molecule has 6 heteroatoms. The molecule has 0 aliphatic carbocycles. The Balaban J connectivity index is 2.09. The van der Waals surface area contributed by atoms with E-state index in [0.29, 0.717) is 18.9 Å². The molecule has 1 aliphatic heterocycles. The van der Waals surface area contributed by atoms with Crippen LogP contribution >= 0.6 is 0 Å². The SMILES string of the molecule is Nc1nc(N)c2c(n1)C(c1ccc(F)cc1)CNC2. The van der Waals surface area contributed by atoms with Gasteiger partial charge in [-0.2, -0.15) is 4.98 Å². The van der Waals surface area contributed by atoms with Crippen LogP contribution in [0.1, 0.15) is 22.7 Å². The van der Waals surface area contributed by atoms with Gasteiger partial charge in [0.05, 0.1) is 5.69 Å². The maximum atomic E-state index is 13.0. The van der Waals surface area contributed by atoms with Gasteiger partial charge in [0, 0.05) is 24.6 Å². The number of hydrogen-bond acceptors (Lipinski definition) is 5. The number of nitrogens with two attached hydrogens (primary N) is 2. The maximum Gasteiger partial charge on any atom is 0.222 e. The highest BCUT2D eigenvalue weighted by Crippen LogP contribution is 2.31. The van der Waals surface area contributed by atoms with Gasteiger partial charge in [-0.3, -0.25) is 0 Å². The minimum absolute atomic E-state index is 0.0111. The molecule has 1 unspecified atom stereocenters. The van der Waals surface area contributed by atoms with Crippen molar-refractivity contribution >= 4 is 11.8 Å². The van der Waals surface area contributed by atoms with Crippen LogP contribution in [0.15, 0.2) is 24.3 Å². The Hall–Kier alpha value is -2.21. The van der Waals surface area contributed by atoms with E-state index in [1.54, 1.807) is 12.1 Å². The van der Waals surface area contributed by atoms with Gasteiger partial charge in [-0.15, -0.1) is 0 Å². The minimum atomic E-state index is -0.255. The number of aromatic nitrogens is 2. The van der Waals surface area contributed by atoms with Gasteiger partial charge in [0.25, 0.3) is 0 Å². The zero-order valence-electron chi connectivity index (χ0n) is 10.2. The number of fused-ring (bicyclic) bond motifs is 1. The summed E-state index contributed by atoms with van der Waals surface area (Å²) < 4.78 is 13.0. The molecule has 5 nitrogen and oxygen atoms in total. The van der Waals surface area contributed by atoms with Crippen LogP contribution in [-0.4, -0.2) is 16.5 Å². The van der Waals surface area contributed by atoms with E-state index in [1.807, 2.05) is 0 Å². The lowest BCUT2D eigenvalue weighted by molar-refractivity contribution is 0.574. The number of benzene rings is 1. The molecular weight excluding hydrogens is 245 g/mol. The quantitative estimate of drug-likeness (QED) is 0.711. The molecule has 0 saturated heterocycles. The van der Waals surface area contributed by atoms with Crippen LogP contribution in [0, 0.1) is 5.82 Å². The molecular formula is C13H14FN5. The fourth-order valence-electron chi connectivity index (χ4n) is 2.42. The molecule has 1 aromatic heterocycles. The number of nitrogens with one attached hydrogen (secondary N) is 1. The first-order chi connectivity index (χ1) is 9.15. The van der Waals surface area contributed by atoms with Crippen LogP contribution in [0.4, 0.5) is 16.2 Å². The smallest absolute Gasteiger partial charge is 0.222 e. The second-order valence-corrected chi connectivity index (χ2v) is 4.57. The van der Waals surface area contributed by atoms with E-state index in [9.17, 15) is 4.39 Å². The number of hydrogen-bond donors (Lipinski definition) is 3. The Morgan fingerprint density at radius 3 is 2.63 bits per heavy atom. The van der Waals surface area contributed by atoms with Crippen molar-refractivity contribution in [1.29, 1.82) is 0 Å². The normalized spacial score (nSPS) is 18.1. The topological polar surface area (TPSA) is 89.8 Å². The highest BCUT2D eigenvalue weighted by Gasteiger charge is 2.25. The van der Waals surface area contributed by atoms with Gasteiger partial charge >= 0.3 is 0 Å². The molecule has 2 aromatic rings. The number of anilines is 2. The molecule has 5 N–H and O–H groups in total. The van der Waals surface area contributed by atoms with Gasteiger partial charge in [0.1, 0.15) is 11.6 Å². The molecule has 0 radical (unpaired) electrons. The van der Waals surface area contributed by atoms with Crippen LogP contribution in [0.25, 0.3) is 0 Å². The number of halogens is 1. The third-order valence-electron chi connectivity index (χ3n) is 3.34. The Labute approximate surface area is 109 Å². The van der Waals surface area contributed by atoms with Crippen LogP contribution in [-0.2, 0) is 6.54 Å². The number of rotatable bonds is 1. The summed E-state index contributed by atoms with van der Waals surface area (Å²) in [4.78, 5) is 8.28. The molecule has 19 heavy (non-hydrogen) atoms. The molecule has 0 amide bonds. The molecule has 1 atom stereocenters. The minimum Gasteiger partial charge on any atom is -0.383 e. The van der Waals surface area contributed by atoms with Gasteiger partial charge in [-0.05, 0) is 17.7 Å². The lowest BCUT2D eigenvalue weighted by atomic mass is 9.90. The molecule has 0 spiro atoms. The predicted octanol–water partition coefficient (Wildman–Crippen LogP) is 1.02. The standard InChI is InChI=1S/C13H14FN5/c14-8-3-1-7(2-4-8)9-5-17-6-10-11(9)18-13(16)19-12(10)15/h1-4,9,17H,5-6H2,(H4,15,16,18,19). The van der Waals surface area contributed by atoms with Crippen molar-refractivity contribution in [3.63, 3.8) is 0 Å². The van der Waals surface area contributed by atoms with Crippen LogP contribution in [0.5, 0.6) is 0 Å². The van der Waals surface area contributed by atoms with Crippen molar-refractivity contribution in [1.82, 2.24) is 15.3 Å². The van der Waals surface area contributed by atoms with Crippen LogP contribution in [0.3, 0.4) is 0 Å². The average molecular weight is 259 g/mol. The molecule has 3 rings (SSSR count). The second-order valence-electron chi connectivity index (χ2n) is 4.57. The fraction of sp³-hybridized carbons (Fsp3) is 0.231. The lowest BCUT2D eigenvalue weighted by Gasteiger charge is -2.26. The lowest BCUT2D eigenvalue weighted by Crippen LogP contribution is -2.31. The molecule has 2 heterocycles. The predicted molar refractivity (Wildman–Crippen MR) is 70.8 cm³/mol. The highest BCUT2D eigenvalue weighted by atomic mass is 19.1. The summed E-state index contributed by atoms with van der Waals surface area (Å²) in [6, 6.07) is 6.39. The molecule has 1 aromatic carbocycles. The van der Waals surface area contributed by atoms with Gasteiger partial charge in [-0.25, -0.2) is 9.37 Å². The molecule has 0 bridgehead atoms. The second kappa shape index (κ2) is 4.47. The van der Waals surface area contributed by atoms with Gasteiger partial charge < -0.3 is 16.8 Å². The fourth-order valence-corrected chi connectivity index (χ4v) is 2.42. The molecule has 98 valence electrons. The third-order valence-corrected chi connectivity index (χ3v) is 3.34. The highest BCUT2D eigenvalue weighted by molar-refractivity contribution is 5.50. The summed E-state index contributed by atoms with van der Waals surface area (Å²) in [6.07, 6.45) is 0. The Kier molecular flexibility index (Phi) is 2.79. The molecule has 0 saturated carbocycles. The largest absolute Gasteiger partial charge is 0.383 e. The first kappa shape index (κ1) is 11.9. The van der Waals surface area contributed by atoms with Crippen molar-refractivity contribution in [3.8, 4) is 0 Å². The van der Waals surface area contributed by atoms with E-state index in [-0.39, 0.29) is 17.7 Å². The van der Waals surface area contributed by atoms with E-state index in [1.165, 1.54) is 12.1 Å². The molecule has 1 aliphatic rings. The van der Waals surface area contributed by atoms with E-state index in [4.69, 9.17) is 11.5 Å². The van der Waals surface area contributed by atoms with E-state index < -0.39 is 0 Å². The number of nitrogens with zero attached hydrogens (tertiary/aromatic N) is 2. The van der Waals surface area contributed by atoms with Crippen molar-refractivity contribution < 1.29 is 4.39 Å². The summed E-state index contributed by atoms with van der Waals surface area (Å²) in [5.41, 5.74) is 14.2. The van der Waals surface area contributed by atoms with E-state index in [2.05, 4.69) is 15.3 Å². The third kappa shape index (κ3) is 2.10. The zero-order chi connectivity index (χ0) is 13.4. The van der Waals surface area contributed by atoms with Gasteiger partial charge in [0.15, 0.2) is 0 Å². The van der Waals surface area contributed by atoms with E-state index in [0.717, 1.165) is 16.8 Å². The van der Waals surface area contributed by atoms with Gasteiger partial charge in [0.2, 0.25) is 5.95 Å². The van der Waals surface area contributed by atoms with Crippen LogP contribution in [0.2, 0.25) is 0 Å². The Morgan fingerprint density at radius 2 is 1.89 bits per heavy atom. The summed E-state index contributed by atoms with van der Waals surface area (Å²) in [7, 11) is 0. The first-order valence-electron chi connectivity index (χ1n) is 6.03. The summed E-state index contributed by atoms with van der Waals surface area (Å²) in [6.45, 7) is 1.34. The van der Waals surface area contributed by atoms with Crippen molar-refractivity contribution in [2.24, 2.45) is 0 Å². The number of nitrogen functional groups attached to an aromatic ring is 2. The summed E-state index contributed by atoms with van der Waals surface area (Å²) in [5.74, 6) is 0.332. The maximum absolute atomic E-state index is 13.0. The summed E-state index contributed by atoms with van der Waals surface area (Å²) >= 11 is 0. The first-order valence-corrected chi connectivity index (χ1v) is 6.03. The van der Waals surface area contributed by atoms with E-state index >= 15 is 0 Å². The van der Waals surface area contributed by atoms with Gasteiger partial charge in [-0.1, -0.05) is 12.1 Å². The Bertz CT molecular complexity index is 611. The van der Waals surface area contributed by atoms with Crippen molar-refractivity contribution in [2.45, 2.75) is 12.5 Å². The monoisotopic (exact) mass is 259 g/mol. The van der Waals surface area contributed by atoms with Crippen molar-refractivity contribution in [2.75, 3.05) is 18.0 Å². The van der Waals surface area contributed by atoms with Crippen LogP contribution < -0.4 is 16.8 Å². The molecule has 0 fully saturated rings. The Morgan fingerprint density at radius 1 is 1.16 bits per heavy atom. The average Bonchev–Trinajstić information content (AvgIpc) is 2.39. The van der Waals surface area contributed by atoms with Crippen molar-refractivity contribution in [3.05, 3.63) is 46.9 Å².